The highest BCUT2D eigenvalue weighted by molar-refractivity contribution is 5.93. The topological polar surface area (TPSA) is 66.6 Å². The molecule has 1 aromatic carbocycles. The van der Waals surface area contributed by atoms with Crippen LogP contribution in [0.1, 0.15) is 27.7 Å². The lowest BCUT2D eigenvalue weighted by molar-refractivity contribution is 0.0852. The fourth-order valence-electron chi connectivity index (χ4n) is 3.06. The minimum Gasteiger partial charge on any atom is -0.390 e. The Hall–Kier alpha value is -2.66. The molecule has 2 atom stereocenters. The molecule has 0 bridgehead atoms. The third-order valence-corrected chi connectivity index (χ3v) is 4.14. The van der Waals surface area contributed by atoms with E-state index in [4.69, 9.17) is 0 Å². The number of carbonyl (C=O) groups excluding carboxylic acids is 1. The SMILES string of the molecule is O=C(NC1c2ccccc2CC1O)c1cnc2ccccn12. The van der Waals surface area contributed by atoms with E-state index in [2.05, 4.69) is 10.3 Å². The first-order valence-corrected chi connectivity index (χ1v) is 7.23. The van der Waals surface area contributed by atoms with Gasteiger partial charge in [-0.15, -0.1) is 0 Å². The fourth-order valence-corrected chi connectivity index (χ4v) is 3.06. The number of aliphatic hydroxyl groups is 1. The Bertz CT molecular complexity index is 856. The van der Waals surface area contributed by atoms with Crippen LogP contribution in [0.3, 0.4) is 0 Å². The minimum absolute atomic E-state index is 0.237. The van der Waals surface area contributed by atoms with Crippen LogP contribution < -0.4 is 5.32 Å². The van der Waals surface area contributed by atoms with Crippen LogP contribution in [-0.2, 0) is 6.42 Å². The molecule has 0 fully saturated rings. The minimum atomic E-state index is -0.597. The zero-order chi connectivity index (χ0) is 15.1. The number of hydrogen-bond donors (Lipinski definition) is 2. The molecule has 1 amide bonds. The second-order valence-electron chi connectivity index (χ2n) is 5.49. The fraction of sp³-hybridized carbons (Fsp3) is 0.176. The maximum atomic E-state index is 12.5. The molecule has 4 rings (SSSR count). The third kappa shape index (κ3) is 1.98. The average Bonchev–Trinajstić information content (AvgIpc) is 3.09. The zero-order valence-corrected chi connectivity index (χ0v) is 11.8. The van der Waals surface area contributed by atoms with E-state index in [0.717, 1.165) is 16.8 Å². The van der Waals surface area contributed by atoms with E-state index in [1.165, 1.54) is 0 Å². The molecule has 22 heavy (non-hydrogen) atoms. The van der Waals surface area contributed by atoms with Crippen molar-refractivity contribution >= 4 is 11.6 Å². The molecule has 5 heteroatoms. The molecular formula is C17H15N3O2. The summed E-state index contributed by atoms with van der Waals surface area (Å²) in [7, 11) is 0. The van der Waals surface area contributed by atoms with E-state index < -0.39 is 6.10 Å². The van der Waals surface area contributed by atoms with E-state index in [9.17, 15) is 9.90 Å². The van der Waals surface area contributed by atoms with Crippen LogP contribution in [0.25, 0.3) is 5.65 Å². The summed E-state index contributed by atoms with van der Waals surface area (Å²) in [5.74, 6) is -0.237. The first-order chi connectivity index (χ1) is 10.7. The molecular weight excluding hydrogens is 278 g/mol. The first kappa shape index (κ1) is 13.0. The second-order valence-corrected chi connectivity index (χ2v) is 5.49. The summed E-state index contributed by atoms with van der Waals surface area (Å²) in [5, 5.41) is 13.2. The molecule has 1 aliphatic carbocycles. The lowest BCUT2D eigenvalue weighted by Crippen LogP contribution is -2.34. The van der Waals surface area contributed by atoms with Crippen molar-refractivity contribution in [2.45, 2.75) is 18.6 Å². The molecule has 0 saturated carbocycles. The third-order valence-electron chi connectivity index (χ3n) is 4.14. The van der Waals surface area contributed by atoms with Crippen molar-refractivity contribution in [3.8, 4) is 0 Å². The quantitative estimate of drug-likeness (QED) is 0.756. The van der Waals surface area contributed by atoms with Gasteiger partial charge in [0.15, 0.2) is 0 Å². The Labute approximate surface area is 127 Å². The molecule has 0 radical (unpaired) electrons. The van der Waals surface area contributed by atoms with Crippen LogP contribution in [0.15, 0.2) is 54.9 Å². The number of benzene rings is 1. The largest absolute Gasteiger partial charge is 0.390 e. The van der Waals surface area contributed by atoms with Gasteiger partial charge in [-0.1, -0.05) is 30.3 Å². The Morgan fingerprint density at radius 3 is 2.95 bits per heavy atom. The zero-order valence-electron chi connectivity index (χ0n) is 11.8. The summed E-state index contributed by atoms with van der Waals surface area (Å²) in [6.07, 6.45) is 3.32. The van der Waals surface area contributed by atoms with Gasteiger partial charge in [-0.25, -0.2) is 4.98 Å². The molecule has 2 aromatic heterocycles. The molecule has 0 spiro atoms. The lowest BCUT2D eigenvalue weighted by atomic mass is 10.1. The van der Waals surface area contributed by atoms with Crippen LogP contribution in [0.4, 0.5) is 0 Å². The number of carbonyl (C=O) groups is 1. The molecule has 0 aliphatic heterocycles. The molecule has 5 nitrogen and oxygen atoms in total. The maximum Gasteiger partial charge on any atom is 0.270 e. The smallest absolute Gasteiger partial charge is 0.270 e. The van der Waals surface area contributed by atoms with Crippen molar-refractivity contribution in [3.05, 3.63) is 71.7 Å². The van der Waals surface area contributed by atoms with E-state index in [0.29, 0.717) is 12.1 Å². The Morgan fingerprint density at radius 2 is 2.05 bits per heavy atom. The number of aliphatic hydroxyl groups excluding tert-OH is 1. The predicted molar refractivity (Wildman–Crippen MR) is 81.6 cm³/mol. The molecule has 0 saturated heterocycles. The highest BCUT2D eigenvalue weighted by Crippen LogP contribution is 2.31. The number of fused-ring (bicyclic) bond motifs is 2. The van der Waals surface area contributed by atoms with Gasteiger partial charge in [-0.2, -0.15) is 0 Å². The lowest BCUT2D eigenvalue weighted by Gasteiger charge is -2.17. The first-order valence-electron chi connectivity index (χ1n) is 7.23. The highest BCUT2D eigenvalue weighted by atomic mass is 16.3. The number of nitrogens with zero attached hydrogens (tertiary/aromatic N) is 2. The van der Waals surface area contributed by atoms with Crippen molar-refractivity contribution in [3.63, 3.8) is 0 Å². The van der Waals surface area contributed by atoms with Crippen LogP contribution in [0, 0.1) is 0 Å². The molecule has 110 valence electrons. The molecule has 3 aromatic rings. The van der Waals surface area contributed by atoms with Gasteiger partial charge in [0.2, 0.25) is 0 Å². The molecule has 2 heterocycles. The van der Waals surface area contributed by atoms with Gasteiger partial charge in [0.05, 0.1) is 18.3 Å². The summed E-state index contributed by atoms with van der Waals surface area (Å²) in [4.78, 5) is 16.8. The van der Waals surface area contributed by atoms with Gasteiger partial charge in [-0.05, 0) is 23.3 Å². The van der Waals surface area contributed by atoms with E-state index in [1.54, 1.807) is 16.8 Å². The Morgan fingerprint density at radius 1 is 1.23 bits per heavy atom. The Balaban J connectivity index is 1.65. The van der Waals surface area contributed by atoms with Crippen molar-refractivity contribution < 1.29 is 9.90 Å². The van der Waals surface area contributed by atoms with Gasteiger partial charge >= 0.3 is 0 Å². The highest BCUT2D eigenvalue weighted by Gasteiger charge is 2.32. The second kappa shape index (κ2) is 4.96. The monoisotopic (exact) mass is 293 g/mol. The van der Waals surface area contributed by atoms with Crippen LogP contribution in [-0.4, -0.2) is 26.5 Å². The van der Waals surface area contributed by atoms with Gasteiger partial charge in [0, 0.05) is 12.6 Å². The number of rotatable bonds is 2. The molecule has 2 unspecified atom stereocenters. The summed E-state index contributed by atoms with van der Waals surface area (Å²) in [6.45, 7) is 0. The molecule has 1 aliphatic rings. The summed E-state index contributed by atoms with van der Waals surface area (Å²) in [5.41, 5.74) is 3.25. The van der Waals surface area contributed by atoms with Gasteiger partial charge < -0.3 is 10.4 Å². The number of aromatic nitrogens is 2. The number of amides is 1. The average molecular weight is 293 g/mol. The van der Waals surface area contributed by atoms with Crippen LogP contribution in [0.2, 0.25) is 0 Å². The van der Waals surface area contributed by atoms with Crippen LogP contribution in [0.5, 0.6) is 0 Å². The number of imidazole rings is 1. The van der Waals surface area contributed by atoms with Gasteiger partial charge in [0.1, 0.15) is 11.3 Å². The maximum absolute atomic E-state index is 12.5. The summed E-state index contributed by atoms with van der Waals surface area (Å²) in [6, 6.07) is 13.0. The van der Waals surface area contributed by atoms with Gasteiger partial charge in [-0.3, -0.25) is 9.20 Å². The van der Waals surface area contributed by atoms with E-state index in [-0.39, 0.29) is 11.9 Å². The van der Waals surface area contributed by atoms with Crippen LogP contribution >= 0.6 is 0 Å². The van der Waals surface area contributed by atoms with Crippen molar-refractivity contribution in [2.24, 2.45) is 0 Å². The molecule has 2 N–H and O–H groups in total. The van der Waals surface area contributed by atoms with Gasteiger partial charge in [0.25, 0.3) is 5.91 Å². The van der Waals surface area contributed by atoms with E-state index in [1.807, 2.05) is 42.5 Å². The Kier molecular flexibility index (Phi) is 2.94. The number of pyridine rings is 1. The van der Waals surface area contributed by atoms with Crippen molar-refractivity contribution in [1.29, 1.82) is 0 Å². The number of nitrogens with one attached hydrogen (secondary N) is 1. The normalized spacial score (nSPS) is 20.0. The predicted octanol–water partition coefficient (Wildman–Crippen LogP) is 1.72. The standard InChI is InChI=1S/C17H15N3O2/c21-14-9-11-5-1-2-6-12(11)16(14)19-17(22)13-10-18-15-7-3-4-8-20(13)15/h1-8,10,14,16,21H,9H2,(H,19,22). The van der Waals surface area contributed by atoms with Crippen molar-refractivity contribution in [1.82, 2.24) is 14.7 Å². The summed E-state index contributed by atoms with van der Waals surface area (Å²) >= 11 is 0. The van der Waals surface area contributed by atoms with Crippen molar-refractivity contribution in [2.75, 3.05) is 0 Å². The number of hydrogen-bond acceptors (Lipinski definition) is 3. The summed E-state index contributed by atoms with van der Waals surface area (Å²) < 4.78 is 1.74. The van der Waals surface area contributed by atoms with E-state index >= 15 is 0 Å².